The molecule has 1 saturated heterocycles. The second-order valence-electron chi connectivity index (χ2n) is 8.30. The maximum absolute atomic E-state index is 13.1. The highest BCUT2D eigenvalue weighted by Crippen LogP contribution is 2.24. The number of nitrogens with one attached hydrogen (secondary N) is 2. The topological polar surface area (TPSA) is 105 Å². The molecule has 0 spiro atoms. The van der Waals surface area contributed by atoms with E-state index in [1.54, 1.807) is 60.4 Å². The van der Waals surface area contributed by atoms with Crippen molar-refractivity contribution in [3.05, 3.63) is 89.0 Å². The van der Waals surface area contributed by atoms with Crippen LogP contribution in [-0.4, -0.2) is 51.4 Å². The first-order valence-corrected chi connectivity index (χ1v) is 12.7. The van der Waals surface area contributed by atoms with E-state index in [4.69, 9.17) is 4.74 Å². The van der Waals surface area contributed by atoms with Crippen LogP contribution in [0.4, 0.5) is 11.4 Å². The van der Waals surface area contributed by atoms with Gasteiger partial charge in [-0.1, -0.05) is 36.4 Å². The molecule has 3 aromatic carbocycles. The summed E-state index contributed by atoms with van der Waals surface area (Å²) >= 11 is 0. The van der Waals surface area contributed by atoms with Crippen LogP contribution >= 0.6 is 0 Å². The molecule has 35 heavy (non-hydrogen) atoms. The Balaban J connectivity index is 1.58. The second-order valence-corrected chi connectivity index (χ2v) is 9.96. The number of nitrogens with zero attached hydrogens (tertiary/aromatic N) is 1. The summed E-state index contributed by atoms with van der Waals surface area (Å²) < 4.78 is 34.2. The normalized spacial score (nSPS) is 13.8. The first kappa shape index (κ1) is 24.4. The summed E-state index contributed by atoms with van der Waals surface area (Å²) in [5, 5.41) is 2.77. The smallest absolute Gasteiger partial charge is 0.262 e. The van der Waals surface area contributed by atoms with Gasteiger partial charge in [0.15, 0.2) is 0 Å². The number of anilines is 2. The van der Waals surface area contributed by atoms with Crippen LogP contribution in [-0.2, 0) is 14.8 Å². The number of para-hydroxylation sites is 2. The van der Waals surface area contributed by atoms with E-state index in [0.29, 0.717) is 48.8 Å². The zero-order valence-electron chi connectivity index (χ0n) is 19.6. The van der Waals surface area contributed by atoms with Crippen LogP contribution in [0.1, 0.15) is 31.8 Å². The van der Waals surface area contributed by atoms with Crippen molar-refractivity contribution in [3.8, 4) is 0 Å². The van der Waals surface area contributed by atoms with Crippen molar-refractivity contribution >= 4 is 33.2 Å². The average molecular weight is 494 g/mol. The van der Waals surface area contributed by atoms with E-state index in [1.807, 2.05) is 19.1 Å². The largest absolute Gasteiger partial charge is 0.378 e. The van der Waals surface area contributed by atoms with Crippen LogP contribution < -0.4 is 10.0 Å². The molecule has 1 aliphatic rings. The number of carbonyl (C=O) groups excluding carboxylic acids is 2. The third-order valence-corrected chi connectivity index (χ3v) is 7.34. The van der Waals surface area contributed by atoms with Gasteiger partial charge in [0.2, 0.25) is 0 Å². The van der Waals surface area contributed by atoms with E-state index in [0.717, 1.165) is 5.56 Å². The van der Waals surface area contributed by atoms with E-state index in [2.05, 4.69) is 10.0 Å². The van der Waals surface area contributed by atoms with Crippen LogP contribution in [0.25, 0.3) is 0 Å². The summed E-state index contributed by atoms with van der Waals surface area (Å²) in [5.41, 5.74) is 2.64. The summed E-state index contributed by atoms with van der Waals surface area (Å²) in [6.07, 6.45) is 0. The van der Waals surface area contributed by atoms with Crippen molar-refractivity contribution < 1.29 is 22.7 Å². The third-order valence-electron chi connectivity index (χ3n) is 5.83. The summed E-state index contributed by atoms with van der Waals surface area (Å²) in [4.78, 5) is 27.8. The van der Waals surface area contributed by atoms with E-state index >= 15 is 0 Å². The molecule has 2 amide bonds. The molecule has 0 atom stereocenters. The van der Waals surface area contributed by atoms with Crippen LogP contribution in [0, 0.1) is 13.8 Å². The van der Waals surface area contributed by atoms with Crippen LogP contribution in [0.2, 0.25) is 0 Å². The monoisotopic (exact) mass is 493 g/mol. The predicted molar refractivity (Wildman–Crippen MR) is 134 cm³/mol. The number of ether oxygens (including phenoxy) is 1. The molecular formula is C26H27N3O5S. The minimum absolute atomic E-state index is 0.00563. The Kier molecular flexibility index (Phi) is 7.18. The molecule has 0 saturated carbocycles. The lowest BCUT2D eigenvalue weighted by molar-refractivity contribution is 0.0303. The Morgan fingerprint density at radius 1 is 0.857 bits per heavy atom. The lowest BCUT2D eigenvalue weighted by Crippen LogP contribution is -2.41. The highest BCUT2D eigenvalue weighted by molar-refractivity contribution is 7.92. The van der Waals surface area contributed by atoms with E-state index in [-0.39, 0.29) is 16.4 Å². The minimum atomic E-state index is -3.93. The summed E-state index contributed by atoms with van der Waals surface area (Å²) in [5.74, 6) is -0.710. The molecular weight excluding hydrogens is 466 g/mol. The number of amides is 2. The Labute approximate surface area is 205 Å². The van der Waals surface area contributed by atoms with Gasteiger partial charge in [0.25, 0.3) is 21.8 Å². The van der Waals surface area contributed by atoms with E-state index < -0.39 is 15.9 Å². The summed E-state index contributed by atoms with van der Waals surface area (Å²) in [6, 6.07) is 18.3. The highest BCUT2D eigenvalue weighted by atomic mass is 32.2. The summed E-state index contributed by atoms with van der Waals surface area (Å²) in [7, 11) is -3.93. The molecule has 1 fully saturated rings. The molecule has 3 aromatic rings. The fourth-order valence-corrected chi connectivity index (χ4v) is 5.23. The molecule has 0 aliphatic carbocycles. The standard InChI is InChI=1S/C26H27N3O5S/c1-18-7-3-5-9-22(18)28-35(32,33)24-17-20(12-11-19(24)2)25(30)27-23-10-6-4-8-21(23)26(31)29-13-15-34-16-14-29/h3-12,17,28H,13-16H2,1-2H3,(H,27,30). The number of aryl methyl sites for hydroxylation is 2. The average Bonchev–Trinajstić information content (AvgIpc) is 2.86. The fourth-order valence-electron chi connectivity index (χ4n) is 3.83. The van der Waals surface area contributed by atoms with Gasteiger partial charge in [0, 0.05) is 18.7 Å². The minimum Gasteiger partial charge on any atom is -0.378 e. The van der Waals surface area contributed by atoms with Gasteiger partial charge in [-0.3, -0.25) is 14.3 Å². The SMILES string of the molecule is Cc1ccccc1NS(=O)(=O)c1cc(C(=O)Nc2ccccc2C(=O)N2CCOCC2)ccc1C. The molecule has 4 rings (SSSR count). The molecule has 1 aliphatic heterocycles. The zero-order valence-corrected chi connectivity index (χ0v) is 20.4. The Bertz CT molecular complexity index is 1360. The van der Waals surface area contributed by atoms with Gasteiger partial charge < -0.3 is 15.0 Å². The molecule has 8 nitrogen and oxygen atoms in total. The number of rotatable bonds is 6. The summed E-state index contributed by atoms with van der Waals surface area (Å²) in [6.45, 7) is 5.38. The molecule has 0 unspecified atom stereocenters. The zero-order chi connectivity index (χ0) is 25.0. The highest BCUT2D eigenvalue weighted by Gasteiger charge is 2.23. The molecule has 0 radical (unpaired) electrons. The van der Waals surface area contributed by atoms with E-state index in [1.165, 1.54) is 6.07 Å². The van der Waals surface area contributed by atoms with Crippen LogP contribution in [0.5, 0.6) is 0 Å². The van der Waals surface area contributed by atoms with Crippen LogP contribution in [0.3, 0.4) is 0 Å². The lowest BCUT2D eigenvalue weighted by atomic mass is 10.1. The third kappa shape index (κ3) is 5.52. The van der Waals surface area contributed by atoms with Crippen molar-refractivity contribution in [2.75, 3.05) is 36.3 Å². The Morgan fingerprint density at radius 2 is 1.51 bits per heavy atom. The fraction of sp³-hybridized carbons (Fsp3) is 0.231. The van der Waals surface area contributed by atoms with Gasteiger partial charge in [-0.15, -0.1) is 0 Å². The number of hydrogen-bond acceptors (Lipinski definition) is 5. The van der Waals surface area contributed by atoms with Crippen LogP contribution in [0.15, 0.2) is 71.6 Å². The van der Waals surface area contributed by atoms with Crippen molar-refractivity contribution in [1.82, 2.24) is 4.90 Å². The number of benzene rings is 3. The first-order chi connectivity index (χ1) is 16.8. The molecule has 0 bridgehead atoms. The number of carbonyl (C=O) groups is 2. The van der Waals surface area contributed by atoms with Crippen molar-refractivity contribution in [3.63, 3.8) is 0 Å². The molecule has 1 heterocycles. The number of sulfonamides is 1. The number of morpholine rings is 1. The Morgan fingerprint density at radius 3 is 2.23 bits per heavy atom. The molecule has 0 aromatic heterocycles. The van der Waals surface area contributed by atoms with Crippen molar-refractivity contribution in [1.29, 1.82) is 0 Å². The Hall–Kier alpha value is -3.69. The lowest BCUT2D eigenvalue weighted by Gasteiger charge is -2.27. The first-order valence-electron chi connectivity index (χ1n) is 11.2. The maximum atomic E-state index is 13.1. The maximum Gasteiger partial charge on any atom is 0.262 e. The van der Waals surface area contributed by atoms with Gasteiger partial charge in [-0.25, -0.2) is 8.42 Å². The van der Waals surface area contributed by atoms with Gasteiger partial charge >= 0.3 is 0 Å². The predicted octanol–water partition coefficient (Wildman–Crippen LogP) is 3.83. The van der Waals surface area contributed by atoms with Gasteiger partial charge in [0.05, 0.1) is 35.0 Å². The number of hydrogen-bond donors (Lipinski definition) is 2. The van der Waals surface area contributed by atoms with E-state index in [9.17, 15) is 18.0 Å². The molecule has 182 valence electrons. The van der Waals surface area contributed by atoms with Crippen molar-refractivity contribution in [2.45, 2.75) is 18.7 Å². The second kappa shape index (κ2) is 10.3. The van der Waals surface area contributed by atoms with Gasteiger partial charge in [-0.2, -0.15) is 0 Å². The van der Waals surface area contributed by atoms with Gasteiger partial charge in [0.1, 0.15) is 0 Å². The molecule has 2 N–H and O–H groups in total. The van der Waals surface area contributed by atoms with Crippen molar-refractivity contribution in [2.24, 2.45) is 0 Å². The molecule has 9 heteroatoms. The quantitative estimate of drug-likeness (QED) is 0.543. The van der Waals surface area contributed by atoms with Gasteiger partial charge in [-0.05, 0) is 55.3 Å².